The van der Waals surface area contributed by atoms with Crippen molar-refractivity contribution < 1.29 is 0 Å². The fourth-order valence-electron chi connectivity index (χ4n) is 1.55. The van der Waals surface area contributed by atoms with Crippen LogP contribution in [0, 0.1) is 5.92 Å². The van der Waals surface area contributed by atoms with E-state index >= 15 is 0 Å². The molecule has 0 bridgehead atoms. The van der Waals surface area contributed by atoms with E-state index in [0.717, 1.165) is 17.3 Å². The zero-order valence-electron chi connectivity index (χ0n) is 6.68. The van der Waals surface area contributed by atoms with Gasteiger partial charge in [0.2, 0.25) is 0 Å². The van der Waals surface area contributed by atoms with Crippen molar-refractivity contribution in [3.8, 4) is 0 Å². The Labute approximate surface area is 68.2 Å². The van der Waals surface area contributed by atoms with E-state index in [-0.39, 0.29) is 0 Å². The minimum absolute atomic E-state index is 0.603. The molecule has 2 heteroatoms. The lowest BCUT2D eigenvalue weighted by Crippen LogP contribution is -2.39. The predicted molar refractivity (Wildman–Crippen MR) is 48.2 cm³/mol. The summed E-state index contributed by atoms with van der Waals surface area (Å²) in [7, 11) is 0. The van der Waals surface area contributed by atoms with Crippen molar-refractivity contribution >= 4 is 17.2 Å². The summed E-state index contributed by atoms with van der Waals surface area (Å²) in [4.78, 5) is 1.06. The molecule has 1 nitrogen and oxygen atoms in total. The number of piperidine rings is 1. The number of hydrogen-bond donors (Lipinski definition) is 1. The maximum atomic E-state index is 5.11. The zero-order chi connectivity index (χ0) is 7.56. The summed E-state index contributed by atoms with van der Waals surface area (Å²) in [6.45, 7) is 4.44. The van der Waals surface area contributed by atoms with Crippen LogP contribution in [0.3, 0.4) is 0 Å². The fourth-order valence-corrected chi connectivity index (χ4v) is 1.99. The summed E-state index contributed by atoms with van der Waals surface area (Å²) in [6, 6.07) is 0.603. The third-order valence-electron chi connectivity index (χ3n) is 2.15. The molecule has 1 N–H and O–H groups in total. The van der Waals surface area contributed by atoms with Gasteiger partial charge in [0, 0.05) is 12.5 Å². The lowest BCUT2D eigenvalue weighted by molar-refractivity contribution is 0.396. The highest BCUT2D eigenvalue weighted by Gasteiger charge is 2.19. The molecule has 0 aromatic carbocycles. The van der Waals surface area contributed by atoms with Gasteiger partial charge < -0.3 is 5.32 Å². The highest BCUT2D eigenvalue weighted by molar-refractivity contribution is 7.80. The van der Waals surface area contributed by atoms with Crippen LogP contribution in [-0.4, -0.2) is 11.0 Å². The third kappa shape index (κ3) is 1.94. The smallest absolute Gasteiger partial charge is 0.0758 e. The van der Waals surface area contributed by atoms with E-state index in [1.807, 2.05) is 0 Å². The van der Waals surface area contributed by atoms with E-state index < -0.39 is 0 Å². The second kappa shape index (κ2) is 3.33. The number of rotatable bonds is 1. The molecule has 1 saturated heterocycles. The van der Waals surface area contributed by atoms with Gasteiger partial charge in [0.25, 0.3) is 0 Å². The average Bonchev–Trinajstić information content (AvgIpc) is 1.85. The monoisotopic (exact) mass is 157 g/mol. The van der Waals surface area contributed by atoms with Gasteiger partial charge in [-0.15, -0.1) is 0 Å². The van der Waals surface area contributed by atoms with E-state index in [1.54, 1.807) is 0 Å². The van der Waals surface area contributed by atoms with Crippen molar-refractivity contribution in [1.82, 2.24) is 5.32 Å². The first-order chi connectivity index (χ1) is 4.72. The quantitative estimate of drug-likeness (QED) is 0.585. The molecule has 0 aromatic rings. The molecule has 10 heavy (non-hydrogen) atoms. The Bertz CT molecular complexity index is 133. The van der Waals surface area contributed by atoms with Gasteiger partial charge in [-0.2, -0.15) is 0 Å². The number of thiocarbonyl (C=S) groups is 1. The van der Waals surface area contributed by atoms with Crippen molar-refractivity contribution in [2.45, 2.75) is 39.2 Å². The first kappa shape index (κ1) is 7.99. The lowest BCUT2D eigenvalue weighted by Gasteiger charge is -2.28. The minimum atomic E-state index is 0.603. The molecule has 0 radical (unpaired) electrons. The van der Waals surface area contributed by atoms with Crippen LogP contribution in [0.2, 0.25) is 0 Å². The van der Waals surface area contributed by atoms with Crippen molar-refractivity contribution in [1.29, 1.82) is 0 Å². The Balaban J connectivity index is 2.42. The second-order valence-electron chi connectivity index (χ2n) is 3.18. The van der Waals surface area contributed by atoms with E-state index in [2.05, 4.69) is 19.2 Å². The van der Waals surface area contributed by atoms with Gasteiger partial charge in [-0.3, -0.25) is 0 Å². The minimum Gasteiger partial charge on any atom is -0.377 e. The number of nitrogens with one attached hydrogen (secondary N) is 1. The van der Waals surface area contributed by atoms with Gasteiger partial charge in [0.1, 0.15) is 0 Å². The molecule has 0 saturated carbocycles. The summed E-state index contributed by atoms with van der Waals surface area (Å²) < 4.78 is 0. The van der Waals surface area contributed by atoms with Gasteiger partial charge in [0.05, 0.1) is 4.99 Å². The first-order valence-corrected chi connectivity index (χ1v) is 4.42. The number of hydrogen-bond acceptors (Lipinski definition) is 1. The Morgan fingerprint density at radius 3 is 2.90 bits per heavy atom. The molecule has 1 fully saturated rings. The van der Waals surface area contributed by atoms with E-state index in [4.69, 9.17) is 12.2 Å². The van der Waals surface area contributed by atoms with Gasteiger partial charge in [-0.25, -0.2) is 0 Å². The third-order valence-corrected chi connectivity index (χ3v) is 2.43. The summed E-state index contributed by atoms with van der Waals surface area (Å²) in [5.41, 5.74) is 0. The normalized spacial score (nSPS) is 33.6. The summed E-state index contributed by atoms with van der Waals surface area (Å²) in [6.07, 6.45) is 3.67. The average molecular weight is 157 g/mol. The zero-order valence-corrected chi connectivity index (χ0v) is 7.50. The predicted octanol–water partition coefficient (Wildman–Crippen LogP) is 2.11. The fraction of sp³-hybridized carbons (Fsp3) is 0.875. The summed E-state index contributed by atoms with van der Waals surface area (Å²) in [5, 5.41) is 3.27. The molecule has 1 aliphatic rings. The molecule has 58 valence electrons. The van der Waals surface area contributed by atoms with Gasteiger partial charge >= 0.3 is 0 Å². The van der Waals surface area contributed by atoms with Crippen LogP contribution in [0.4, 0.5) is 0 Å². The molecule has 1 aliphatic heterocycles. The van der Waals surface area contributed by atoms with Crippen LogP contribution in [0.15, 0.2) is 0 Å². The molecule has 2 atom stereocenters. The molecular weight excluding hydrogens is 142 g/mol. The Morgan fingerprint density at radius 1 is 1.70 bits per heavy atom. The van der Waals surface area contributed by atoms with Crippen molar-refractivity contribution in [3.05, 3.63) is 0 Å². The summed E-state index contributed by atoms with van der Waals surface area (Å²) in [5.74, 6) is 0.837. The highest BCUT2D eigenvalue weighted by Crippen LogP contribution is 2.20. The van der Waals surface area contributed by atoms with Crippen LogP contribution in [0.1, 0.15) is 33.1 Å². The molecule has 1 rings (SSSR count). The molecule has 0 aromatic heterocycles. The van der Waals surface area contributed by atoms with Crippen molar-refractivity contribution in [2.24, 2.45) is 5.92 Å². The van der Waals surface area contributed by atoms with E-state index in [0.29, 0.717) is 6.04 Å². The van der Waals surface area contributed by atoms with Gasteiger partial charge in [0.15, 0.2) is 0 Å². The maximum Gasteiger partial charge on any atom is 0.0758 e. The van der Waals surface area contributed by atoms with Crippen molar-refractivity contribution in [3.63, 3.8) is 0 Å². The molecule has 2 unspecified atom stereocenters. The molecular formula is C8H15NS. The largest absolute Gasteiger partial charge is 0.377 e. The van der Waals surface area contributed by atoms with E-state index in [1.165, 1.54) is 12.8 Å². The lowest BCUT2D eigenvalue weighted by atomic mass is 9.91. The SMILES string of the molecule is CCC1CC(=S)NC(C)C1. The topological polar surface area (TPSA) is 12.0 Å². The standard InChI is InChI=1S/C8H15NS/c1-3-7-4-6(2)9-8(10)5-7/h6-7H,3-5H2,1-2H3,(H,9,10). The van der Waals surface area contributed by atoms with Gasteiger partial charge in [-0.1, -0.05) is 25.6 Å². The second-order valence-corrected chi connectivity index (χ2v) is 3.68. The van der Waals surface area contributed by atoms with Gasteiger partial charge in [-0.05, 0) is 19.3 Å². The van der Waals surface area contributed by atoms with E-state index in [9.17, 15) is 0 Å². The molecule has 1 heterocycles. The molecule has 0 aliphatic carbocycles. The van der Waals surface area contributed by atoms with Crippen molar-refractivity contribution in [2.75, 3.05) is 0 Å². The summed E-state index contributed by atoms with van der Waals surface area (Å²) >= 11 is 5.11. The highest BCUT2D eigenvalue weighted by atomic mass is 32.1. The Morgan fingerprint density at radius 2 is 2.40 bits per heavy atom. The van der Waals surface area contributed by atoms with Crippen LogP contribution < -0.4 is 5.32 Å². The maximum absolute atomic E-state index is 5.11. The van der Waals surface area contributed by atoms with Crippen LogP contribution >= 0.6 is 12.2 Å². The van der Waals surface area contributed by atoms with Crippen LogP contribution in [0.5, 0.6) is 0 Å². The van der Waals surface area contributed by atoms with Crippen LogP contribution in [-0.2, 0) is 0 Å². The molecule has 0 amide bonds. The Hall–Kier alpha value is -0.110. The Kier molecular flexibility index (Phi) is 2.66. The van der Waals surface area contributed by atoms with Crippen LogP contribution in [0.25, 0.3) is 0 Å². The first-order valence-electron chi connectivity index (χ1n) is 4.01. The molecule has 0 spiro atoms.